The molecule has 0 aliphatic rings. The summed E-state index contributed by atoms with van der Waals surface area (Å²) in [5, 5.41) is 0. The van der Waals surface area contributed by atoms with E-state index in [1.165, 1.54) is 11.1 Å². The predicted octanol–water partition coefficient (Wildman–Crippen LogP) is 2.13. The first-order valence-corrected chi connectivity index (χ1v) is 3.03. The molecular formula is C8H13N. The number of hydrogen-bond donors (Lipinski definition) is 1. The zero-order chi connectivity index (χ0) is 6.85. The van der Waals surface area contributed by atoms with Crippen molar-refractivity contribution in [1.29, 1.82) is 0 Å². The molecule has 0 saturated carbocycles. The molecule has 0 atom stereocenters. The lowest BCUT2D eigenvalue weighted by atomic mass is 10.1. The Balaban J connectivity index is 0.000000810. The molecule has 0 bridgehead atoms. The van der Waals surface area contributed by atoms with Crippen molar-refractivity contribution in [2.24, 2.45) is 0 Å². The van der Waals surface area contributed by atoms with E-state index in [2.05, 4.69) is 13.8 Å². The zero-order valence-corrected chi connectivity index (χ0v) is 5.81. The Kier molecular flexibility index (Phi) is 1.43. The minimum Gasteiger partial charge on any atom is -0.399 e. The number of hydrogen-bond acceptors (Lipinski definition) is 1. The molecule has 1 aromatic carbocycles. The fourth-order valence-corrected chi connectivity index (χ4v) is 0.765. The number of nitrogen functional groups attached to an aromatic ring is 1. The van der Waals surface area contributed by atoms with Gasteiger partial charge in [-0.05, 0) is 37.1 Å². The topological polar surface area (TPSA) is 26.0 Å². The first-order chi connectivity index (χ1) is 4.20. The molecule has 1 rings (SSSR count). The average molecular weight is 123 g/mol. The summed E-state index contributed by atoms with van der Waals surface area (Å²) in [6.07, 6.45) is 0. The summed E-state index contributed by atoms with van der Waals surface area (Å²) in [5.74, 6) is 0. The molecule has 9 heavy (non-hydrogen) atoms. The molecular weight excluding hydrogens is 110 g/mol. The molecule has 1 nitrogen and oxygen atoms in total. The third kappa shape index (κ3) is 1.22. The number of anilines is 1. The van der Waals surface area contributed by atoms with E-state index in [9.17, 15) is 0 Å². The summed E-state index contributed by atoms with van der Waals surface area (Å²) in [5.41, 5.74) is 8.93. The van der Waals surface area contributed by atoms with Crippen LogP contribution in [0.25, 0.3) is 0 Å². The van der Waals surface area contributed by atoms with Crippen LogP contribution in [0.4, 0.5) is 5.69 Å². The van der Waals surface area contributed by atoms with Crippen LogP contribution in [0, 0.1) is 13.8 Å². The lowest BCUT2D eigenvalue weighted by molar-refractivity contribution is 1.34. The second-order valence-corrected chi connectivity index (χ2v) is 2.34. The third-order valence-electron chi connectivity index (χ3n) is 1.53. The van der Waals surface area contributed by atoms with Crippen LogP contribution >= 0.6 is 0 Å². The van der Waals surface area contributed by atoms with Gasteiger partial charge in [-0.1, -0.05) is 6.07 Å². The molecule has 50 valence electrons. The van der Waals surface area contributed by atoms with Crippen LogP contribution < -0.4 is 5.73 Å². The van der Waals surface area contributed by atoms with Gasteiger partial charge in [0, 0.05) is 7.11 Å². The molecule has 0 heterocycles. The van der Waals surface area contributed by atoms with Crippen LogP contribution in [0.1, 0.15) is 12.6 Å². The van der Waals surface area contributed by atoms with Gasteiger partial charge in [0.1, 0.15) is 0 Å². The fourth-order valence-electron chi connectivity index (χ4n) is 0.765. The first kappa shape index (κ1) is 6.14. The largest absolute Gasteiger partial charge is 0.399 e. The summed E-state index contributed by atoms with van der Waals surface area (Å²) in [6, 6.07) is 5.93. The van der Waals surface area contributed by atoms with Gasteiger partial charge in [-0.2, -0.15) is 0 Å². The second-order valence-electron chi connectivity index (χ2n) is 2.34. The quantitative estimate of drug-likeness (QED) is 0.525. The van der Waals surface area contributed by atoms with E-state index >= 15 is 0 Å². The Bertz CT molecular complexity index is 220. The van der Waals surface area contributed by atoms with Crippen molar-refractivity contribution in [3.8, 4) is 0 Å². The van der Waals surface area contributed by atoms with E-state index in [-0.39, 0.29) is 1.43 Å². The number of nitrogens with two attached hydrogens (primary N) is 1. The van der Waals surface area contributed by atoms with Crippen LogP contribution in [-0.4, -0.2) is 0 Å². The van der Waals surface area contributed by atoms with E-state index in [0.29, 0.717) is 0 Å². The normalized spacial score (nSPS) is 9.56. The highest BCUT2D eigenvalue weighted by atomic mass is 14.5. The summed E-state index contributed by atoms with van der Waals surface area (Å²) in [4.78, 5) is 0. The smallest absolute Gasteiger partial charge is 0.0316 e. The van der Waals surface area contributed by atoms with Crippen molar-refractivity contribution in [3.63, 3.8) is 0 Å². The molecule has 1 heteroatoms. The van der Waals surface area contributed by atoms with Gasteiger partial charge < -0.3 is 5.73 Å². The molecule has 0 amide bonds. The maximum absolute atomic E-state index is 5.53. The van der Waals surface area contributed by atoms with E-state index in [1.807, 2.05) is 18.2 Å². The van der Waals surface area contributed by atoms with E-state index in [4.69, 9.17) is 5.73 Å². The van der Waals surface area contributed by atoms with Crippen molar-refractivity contribution in [2.75, 3.05) is 5.73 Å². The molecule has 2 N–H and O–H groups in total. The molecule has 0 unspecified atom stereocenters. The summed E-state index contributed by atoms with van der Waals surface area (Å²) >= 11 is 0. The van der Waals surface area contributed by atoms with Crippen LogP contribution in [0.5, 0.6) is 0 Å². The average Bonchev–Trinajstić information content (AvgIpc) is 1.80. The summed E-state index contributed by atoms with van der Waals surface area (Å²) in [7, 11) is 0. The van der Waals surface area contributed by atoms with Gasteiger partial charge in [-0.25, -0.2) is 0 Å². The molecule has 0 aliphatic heterocycles. The maximum Gasteiger partial charge on any atom is 0.0316 e. The van der Waals surface area contributed by atoms with Crippen LogP contribution in [0.2, 0.25) is 0 Å². The Morgan fingerprint density at radius 2 is 1.89 bits per heavy atom. The van der Waals surface area contributed by atoms with Gasteiger partial charge in [0.05, 0.1) is 0 Å². The first-order valence-electron chi connectivity index (χ1n) is 3.03. The van der Waals surface area contributed by atoms with Gasteiger partial charge in [0.15, 0.2) is 0 Å². The van der Waals surface area contributed by atoms with Crippen molar-refractivity contribution in [3.05, 3.63) is 29.3 Å². The zero-order valence-electron chi connectivity index (χ0n) is 5.81. The Morgan fingerprint density at radius 3 is 2.33 bits per heavy atom. The second kappa shape index (κ2) is 2.09. The lowest BCUT2D eigenvalue weighted by Crippen LogP contribution is -1.86. The number of rotatable bonds is 0. The molecule has 0 radical (unpaired) electrons. The highest BCUT2D eigenvalue weighted by Gasteiger charge is 1.89. The van der Waals surface area contributed by atoms with Crippen molar-refractivity contribution in [1.82, 2.24) is 0 Å². The Morgan fingerprint density at radius 1 is 1.22 bits per heavy atom. The summed E-state index contributed by atoms with van der Waals surface area (Å²) < 4.78 is 0. The third-order valence-corrected chi connectivity index (χ3v) is 1.53. The minimum atomic E-state index is 0. The van der Waals surface area contributed by atoms with Crippen molar-refractivity contribution < 1.29 is 1.43 Å². The SMILES string of the molecule is Cc1ccc(N)cc1C.[HH]. The van der Waals surface area contributed by atoms with Crippen molar-refractivity contribution in [2.45, 2.75) is 13.8 Å². The maximum atomic E-state index is 5.53. The monoisotopic (exact) mass is 123 g/mol. The van der Waals surface area contributed by atoms with Crippen LogP contribution in [0.15, 0.2) is 18.2 Å². The standard InChI is InChI=1S/C8H11N.H2/c1-6-3-4-8(9)5-7(6)2;/h3-5H,9H2,1-2H3;1H. The molecule has 0 aliphatic carbocycles. The Hall–Kier alpha value is -0.980. The van der Waals surface area contributed by atoms with Crippen molar-refractivity contribution >= 4 is 5.69 Å². The van der Waals surface area contributed by atoms with Crippen LogP contribution in [-0.2, 0) is 0 Å². The fraction of sp³-hybridized carbons (Fsp3) is 0.250. The minimum absolute atomic E-state index is 0. The highest BCUT2D eigenvalue weighted by Crippen LogP contribution is 2.09. The number of benzene rings is 1. The highest BCUT2D eigenvalue weighted by molar-refractivity contribution is 5.43. The Labute approximate surface area is 57.0 Å². The van der Waals surface area contributed by atoms with Gasteiger partial charge in [-0.15, -0.1) is 0 Å². The molecule has 0 spiro atoms. The summed E-state index contributed by atoms with van der Waals surface area (Å²) in [6.45, 7) is 4.14. The van der Waals surface area contributed by atoms with Crippen LogP contribution in [0.3, 0.4) is 0 Å². The molecule has 1 aromatic rings. The lowest BCUT2D eigenvalue weighted by Gasteiger charge is -1.98. The molecule has 0 fully saturated rings. The predicted molar refractivity (Wildman–Crippen MR) is 42.4 cm³/mol. The van der Waals surface area contributed by atoms with Gasteiger partial charge >= 0.3 is 0 Å². The molecule has 0 aromatic heterocycles. The molecule has 0 saturated heterocycles. The van der Waals surface area contributed by atoms with Gasteiger partial charge in [0.25, 0.3) is 0 Å². The van der Waals surface area contributed by atoms with E-state index in [1.54, 1.807) is 0 Å². The number of aryl methyl sites for hydroxylation is 2. The van der Waals surface area contributed by atoms with Gasteiger partial charge in [0.2, 0.25) is 0 Å². The van der Waals surface area contributed by atoms with E-state index in [0.717, 1.165) is 5.69 Å². The van der Waals surface area contributed by atoms with Gasteiger partial charge in [-0.3, -0.25) is 0 Å². The van der Waals surface area contributed by atoms with E-state index < -0.39 is 0 Å².